The molecule has 0 spiro atoms. The molecule has 2 amide bonds. The fourth-order valence-electron chi connectivity index (χ4n) is 2.63. The molecule has 2 heterocycles. The van der Waals surface area contributed by atoms with Crippen LogP contribution in [0.15, 0.2) is 48.9 Å². The SMILES string of the molecule is O=C(NNC(=O)c1cc(C2CC2)nc2ccccc12)c1cnccn1. The molecule has 4 rings (SSSR count). The number of carbonyl (C=O) groups is 2. The Morgan fingerprint density at radius 2 is 1.84 bits per heavy atom. The van der Waals surface area contributed by atoms with Gasteiger partial charge in [-0.15, -0.1) is 0 Å². The largest absolute Gasteiger partial charge is 0.289 e. The Labute approximate surface area is 143 Å². The van der Waals surface area contributed by atoms with E-state index in [4.69, 9.17) is 0 Å². The summed E-state index contributed by atoms with van der Waals surface area (Å²) in [6.45, 7) is 0. The molecule has 124 valence electrons. The van der Waals surface area contributed by atoms with Crippen LogP contribution in [0.2, 0.25) is 0 Å². The first kappa shape index (κ1) is 15.2. The molecule has 0 saturated heterocycles. The van der Waals surface area contributed by atoms with Crippen molar-refractivity contribution in [2.24, 2.45) is 0 Å². The first-order valence-electron chi connectivity index (χ1n) is 7.99. The molecule has 0 atom stereocenters. The molecule has 2 aromatic heterocycles. The average Bonchev–Trinajstić information content (AvgIpc) is 3.51. The van der Waals surface area contributed by atoms with Crippen LogP contribution in [-0.4, -0.2) is 26.8 Å². The summed E-state index contributed by atoms with van der Waals surface area (Å²) in [6.07, 6.45) is 6.40. The molecule has 1 aromatic carbocycles. The van der Waals surface area contributed by atoms with Crippen LogP contribution >= 0.6 is 0 Å². The zero-order valence-electron chi connectivity index (χ0n) is 13.3. The molecule has 0 bridgehead atoms. The standard InChI is InChI=1S/C18H15N5O2/c24-17(22-23-18(25)16-10-19-7-8-20-16)13-9-15(11-5-6-11)21-14-4-2-1-3-12(13)14/h1-4,7-11H,5-6H2,(H,22,24)(H,23,25). The van der Waals surface area contributed by atoms with E-state index in [0.717, 1.165) is 29.4 Å². The van der Waals surface area contributed by atoms with Crippen molar-refractivity contribution in [3.8, 4) is 0 Å². The van der Waals surface area contributed by atoms with Gasteiger partial charge in [-0.3, -0.25) is 30.4 Å². The number of aromatic nitrogens is 3. The Morgan fingerprint density at radius 3 is 2.60 bits per heavy atom. The van der Waals surface area contributed by atoms with Crippen LogP contribution < -0.4 is 10.9 Å². The third-order valence-corrected chi connectivity index (χ3v) is 4.06. The third-order valence-electron chi connectivity index (χ3n) is 4.06. The van der Waals surface area contributed by atoms with Gasteiger partial charge in [-0.1, -0.05) is 18.2 Å². The van der Waals surface area contributed by atoms with Crippen molar-refractivity contribution < 1.29 is 9.59 Å². The van der Waals surface area contributed by atoms with Crippen molar-refractivity contribution in [3.05, 3.63) is 65.9 Å². The number of amides is 2. The maximum atomic E-state index is 12.6. The lowest BCUT2D eigenvalue weighted by molar-refractivity contribution is 0.0844. The van der Waals surface area contributed by atoms with Gasteiger partial charge in [0.2, 0.25) is 0 Å². The molecular formula is C18H15N5O2. The van der Waals surface area contributed by atoms with Gasteiger partial charge in [0.05, 0.1) is 17.3 Å². The summed E-state index contributed by atoms with van der Waals surface area (Å²) < 4.78 is 0. The lowest BCUT2D eigenvalue weighted by Gasteiger charge is -2.10. The summed E-state index contributed by atoms with van der Waals surface area (Å²) in [5.41, 5.74) is 7.12. The van der Waals surface area contributed by atoms with Crippen molar-refractivity contribution in [3.63, 3.8) is 0 Å². The maximum absolute atomic E-state index is 12.6. The molecule has 0 unspecified atom stereocenters. The van der Waals surface area contributed by atoms with E-state index in [1.807, 2.05) is 30.3 Å². The lowest BCUT2D eigenvalue weighted by atomic mass is 10.1. The lowest BCUT2D eigenvalue weighted by Crippen LogP contribution is -2.42. The fourth-order valence-corrected chi connectivity index (χ4v) is 2.63. The topological polar surface area (TPSA) is 96.9 Å². The first-order chi connectivity index (χ1) is 12.2. The van der Waals surface area contributed by atoms with Crippen LogP contribution in [-0.2, 0) is 0 Å². The van der Waals surface area contributed by atoms with E-state index in [-0.39, 0.29) is 5.69 Å². The normalized spacial score (nSPS) is 13.4. The number of hydrazine groups is 1. The van der Waals surface area contributed by atoms with Crippen LogP contribution in [0.25, 0.3) is 10.9 Å². The maximum Gasteiger partial charge on any atom is 0.289 e. The molecule has 0 radical (unpaired) electrons. The number of fused-ring (bicyclic) bond motifs is 1. The quantitative estimate of drug-likeness (QED) is 0.714. The van der Waals surface area contributed by atoms with Gasteiger partial charge in [-0.2, -0.15) is 0 Å². The number of carbonyl (C=O) groups excluding carboxylic acids is 2. The number of nitrogens with one attached hydrogen (secondary N) is 2. The summed E-state index contributed by atoms with van der Waals surface area (Å²) in [5, 5.41) is 0.748. The van der Waals surface area contributed by atoms with E-state index >= 15 is 0 Å². The van der Waals surface area contributed by atoms with E-state index in [9.17, 15) is 9.59 Å². The minimum atomic E-state index is -0.526. The average molecular weight is 333 g/mol. The number of hydrogen-bond acceptors (Lipinski definition) is 5. The van der Waals surface area contributed by atoms with Gasteiger partial charge in [0.15, 0.2) is 0 Å². The Hall–Kier alpha value is -3.35. The number of para-hydroxylation sites is 1. The smallest absolute Gasteiger partial charge is 0.267 e. The van der Waals surface area contributed by atoms with Crippen LogP contribution in [0.4, 0.5) is 0 Å². The molecule has 1 saturated carbocycles. The van der Waals surface area contributed by atoms with Gasteiger partial charge in [-0.25, -0.2) is 4.98 Å². The Morgan fingerprint density at radius 1 is 1.04 bits per heavy atom. The van der Waals surface area contributed by atoms with Gasteiger partial charge < -0.3 is 0 Å². The fraction of sp³-hybridized carbons (Fsp3) is 0.167. The second-order valence-corrected chi connectivity index (χ2v) is 5.89. The molecule has 7 nitrogen and oxygen atoms in total. The number of rotatable bonds is 3. The highest BCUT2D eigenvalue weighted by atomic mass is 16.2. The van der Waals surface area contributed by atoms with Crippen LogP contribution in [0.1, 0.15) is 45.3 Å². The predicted molar refractivity (Wildman–Crippen MR) is 90.7 cm³/mol. The number of benzene rings is 1. The molecule has 1 fully saturated rings. The molecule has 25 heavy (non-hydrogen) atoms. The zero-order valence-corrected chi connectivity index (χ0v) is 13.3. The summed E-state index contributed by atoms with van der Waals surface area (Å²) in [6, 6.07) is 9.29. The van der Waals surface area contributed by atoms with Crippen molar-refractivity contribution >= 4 is 22.7 Å². The Bertz CT molecular complexity index is 954. The molecule has 1 aliphatic carbocycles. The Kier molecular flexibility index (Phi) is 3.81. The summed E-state index contributed by atoms with van der Waals surface area (Å²) in [5.74, 6) is -0.495. The van der Waals surface area contributed by atoms with Crippen molar-refractivity contribution in [2.45, 2.75) is 18.8 Å². The van der Waals surface area contributed by atoms with Gasteiger partial charge in [0.1, 0.15) is 5.69 Å². The zero-order chi connectivity index (χ0) is 17.2. The number of pyridine rings is 1. The Balaban J connectivity index is 1.58. The van der Waals surface area contributed by atoms with Crippen molar-refractivity contribution in [1.82, 2.24) is 25.8 Å². The summed E-state index contributed by atoms with van der Waals surface area (Å²) in [7, 11) is 0. The van der Waals surface area contributed by atoms with Gasteiger partial charge in [0.25, 0.3) is 11.8 Å². The van der Waals surface area contributed by atoms with Gasteiger partial charge >= 0.3 is 0 Å². The highest BCUT2D eigenvalue weighted by Crippen LogP contribution is 2.40. The molecule has 7 heteroatoms. The minimum absolute atomic E-state index is 0.126. The highest BCUT2D eigenvalue weighted by Gasteiger charge is 2.27. The van der Waals surface area contributed by atoms with Gasteiger partial charge in [0, 0.05) is 29.4 Å². The van der Waals surface area contributed by atoms with E-state index in [1.165, 1.54) is 18.6 Å². The van der Waals surface area contributed by atoms with Crippen LogP contribution in [0.3, 0.4) is 0 Å². The summed E-state index contributed by atoms with van der Waals surface area (Å²) >= 11 is 0. The molecule has 1 aliphatic rings. The predicted octanol–water partition coefficient (Wildman–Crippen LogP) is 1.98. The molecule has 0 aliphatic heterocycles. The third kappa shape index (κ3) is 3.16. The monoisotopic (exact) mass is 333 g/mol. The van der Waals surface area contributed by atoms with Crippen LogP contribution in [0.5, 0.6) is 0 Å². The summed E-state index contributed by atoms with van der Waals surface area (Å²) in [4.78, 5) is 36.9. The minimum Gasteiger partial charge on any atom is -0.267 e. The van der Waals surface area contributed by atoms with Gasteiger partial charge in [-0.05, 0) is 25.0 Å². The number of hydrogen-bond donors (Lipinski definition) is 2. The second-order valence-electron chi connectivity index (χ2n) is 5.89. The van der Waals surface area contributed by atoms with Crippen molar-refractivity contribution in [2.75, 3.05) is 0 Å². The van der Waals surface area contributed by atoms with E-state index in [1.54, 1.807) is 0 Å². The first-order valence-corrected chi connectivity index (χ1v) is 7.99. The second kappa shape index (κ2) is 6.27. The van der Waals surface area contributed by atoms with E-state index in [0.29, 0.717) is 11.5 Å². The molecule has 3 aromatic rings. The molecule has 2 N–H and O–H groups in total. The number of nitrogens with zero attached hydrogens (tertiary/aromatic N) is 3. The highest BCUT2D eigenvalue weighted by molar-refractivity contribution is 6.07. The van der Waals surface area contributed by atoms with Crippen LogP contribution in [0, 0.1) is 0 Å². The van der Waals surface area contributed by atoms with E-state index in [2.05, 4.69) is 25.8 Å². The van der Waals surface area contributed by atoms with Crippen molar-refractivity contribution in [1.29, 1.82) is 0 Å². The van der Waals surface area contributed by atoms with E-state index < -0.39 is 11.8 Å². The molecular weight excluding hydrogens is 318 g/mol.